The molecule has 0 fully saturated rings. The number of hydrogen-bond acceptors (Lipinski definition) is 5. The van der Waals surface area contributed by atoms with E-state index in [-0.39, 0.29) is 0 Å². The Kier molecular flexibility index (Phi) is 3.79. The second kappa shape index (κ2) is 5.73. The van der Waals surface area contributed by atoms with Gasteiger partial charge in [-0.3, -0.25) is 0 Å². The van der Waals surface area contributed by atoms with Crippen molar-refractivity contribution in [2.45, 2.75) is 6.54 Å². The SMILES string of the molecule is OB(O)Oc1ccc(Cn2cnc3c(Cl)ccnc32)cc1. The monoisotopic (exact) mass is 303 g/mol. The minimum Gasteiger partial charge on any atom is -0.512 e. The highest BCUT2D eigenvalue weighted by molar-refractivity contribution is 6.34. The molecular formula is C13H11BClN3O3. The quantitative estimate of drug-likeness (QED) is 0.714. The van der Waals surface area contributed by atoms with Crippen LogP contribution in [-0.2, 0) is 6.54 Å². The average Bonchev–Trinajstić information content (AvgIpc) is 2.85. The molecule has 0 bridgehead atoms. The summed E-state index contributed by atoms with van der Waals surface area (Å²) in [7, 11) is -1.82. The Labute approximate surface area is 125 Å². The molecule has 0 aliphatic rings. The smallest absolute Gasteiger partial charge is 0.512 e. The lowest BCUT2D eigenvalue weighted by atomic mass is 10.2. The van der Waals surface area contributed by atoms with E-state index in [1.54, 1.807) is 30.7 Å². The number of imidazole rings is 1. The number of hydrogen-bond donors (Lipinski definition) is 2. The van der Waals surface area contributed by atoms with E-state index in [1.807, 2.05) is 16.7 Å². The summed E-state index contributed by atoms with van der Waals surface area (Å²) < 4.78 is 6.64. The van der Waals surface area contributed by atoms with Crippen LogP contribution in [0, 0.1) is 0 Å². The van der Waals surface area contributed by atoms with E-state index < -0.39 is 7.32 Å². The van der Waals surface area contributed by atoms with E-state index in [9.17, 15) is 0 Å². The van der Waals surface area contributed by atoms with Crippen molar-refractivity contribution in [1.82, 2.24) is 14.5 Å². The molecule has 0 spiro atoms. The standard InChI is InChI=1S/C13H11BClN3O3/c15-11-5-6-16-13-12(11)17-8-18(13)7-9-1-3-10(4-2-9)21-14(19)20/h1-6,8,19-20H,7H2. The Balaban J connectivity index is 1.83. The van der Waals surface area contributed by atoms with Crippen LogP contribution in [0.2, 0.25) is 5.02 Å². The first-order valence-corrected chi connectivity index (χ1v) is 6.58. The molecular weight excluding hydrogens is 292 g/mol. The highest BCUT2D eigenvalue weighted by Gasteiger charge is 2.11. The van der Waals surface area contributed by atoms with Gasteiger partial charge in [-0.15, -0.1) is 0 Å². The second-order valence-corrected chi connectivity index (χ2v) is 4.83. The van der Waals surface area contributed by atoms with E-state index in [0.29, 0.717) is 28.5 Å². The van der Waals surface area contributed by atoms with Crippen LogP contribution in [0.4, 0.5) is 0 Å². The number of aromatic nitrogens is 3. The number of halogens is 1. The fraction of sp³-hybridized carbons (Fsp3) is 0.0769. The molecule has 0 aliphatic heterocycles. The van der Waals surface area contributed by atoms with Gasteiger partial charge in [-0.1, -0.05) is 23.7 Å². The Hall–Kier alpha value is -2.09. The van der Waals surface area contributed by atoms with Crippen LogP contribution in [0.1, 0.15) is 5.56 Å². The summed E-state index contributed by atoms with van der Waals surface area (Å²) in [6.45, 7) is 0.575. The lowest BCUT2D eigenvalue weighted by Gasteiger charge is -2.07. The minimum absolute atomic E-state index is 0.380. The van der Waals surface area contributed by atoms with Crippen molar-refractivity contribution >= 4 is 30.1 Å². The van der Waals surface area contributed by atoms with Gasteiger partial charge in [0.25, 0.3) is 0 Å². The molecule has 0 atom stereocenters. The lowest BCUT2D eigenvalue weighted by Crippen LogP contribution is -2.20. The van der Waals surface area contributed by atoms with Crippen molar-refractivity contribution in [1.29, 1.82) is 0 Å². The van der Waals surface area contributed by atoms with Crippen molar-refractivity contribution in [3.63, 3.8) is 0 Å². The molecule has 0 radical (unpaired) electrons. The Morgan fingerprint density at radius 1 is 1.14 bits per heavy atom. The third kappa shape index (κ3) is 3.00. The zero-order valence-corrected chi connectivity index (χ0v) is 11.6. The first-order chi connectivity index (χ1) is 10.1. The molecule has 2 heterocycles. The normalized spacial score (nSPS) is 10.8. The fourth-order valence-corrected chi connectivity index (χ4v) is 2.23. The van der Waals surface area contributed by atoms with Crippen molar-refractivity contribution in [2.75, 3.05) is 0 Å². The minimum atomic E-state index is -1.82. The van der Waals surface area contributed by atoms with Crippen LogP contribution < -0.4 is 4.65 Å². The van der Waals surface area contributed by atoms with Crippen LogP contribution in [-0.4, -0.2) is 31.9 Å². The summed E-state index contributed by atoms with van der Waals surface area (Å²) in [6.07, 6.45) is 3.33. The molecule has 6 nitrogen and oxygen atoms in total. The van der Waals surface area contributed by atoms with Gasteiger partial charge in [0.2, 0.25) is 0 Å². The second-order valence-electron chi connectivity index (χ2n) is 4.43. The van der Waals surface area contributed by atoms with E-state index in [4.69, 9.17) is 26.3 Å². The lowest BCUT2D eigenvalue weighted by molar-refractivity contribution is 0.288. The van der Waals surface area contributed by atoms with Gasteiger partial charge in [-0.2, -0.15) is 0 Å². The number of benzene rings is 1. The summed E-state index contributed by atoms with van der Waals surface area (Å²) in [5.74, 6) is 0.380. The van der Waals surface area contributed by atoms with Crippen LogP contribution in [0.5, 0.6) is 5.75 Å². The molecule has 106 valence electrons. The summed E-state index contributed by atoms with van der Waals surface area (Å²) >= 11 is 6.06. The van der Waals surface area contributed by atoms with Gasteiger partial charge in [-0.05, 0) is 23.8 Å². The fourth-order valence-electron chi connectivity index (χ4n) is 2.04. The van der Waals surface area contributed by atoms with Crippen molar-refractivity contribution in [3.8, 4) is 5.75 Å². The average molecular weight is 304 g/mol. The Morgan fingerprint density at radius 2 is 1.90 bits per heavy atom. The highest BCUT2D eigenvalue weighted by Crippen LogP contribution is 2.21. The maximum atomic E-state index is 8.73. The summed E-state index contributed by atoms with van der Waals surface area (Å²) in [4.78, 5) is 8.53. The molecule has 3 rings (SSSR count). The maximum Gasteiger partial charge on any atom is 0.707 e. The van der Waals surface area contributed by atoms with Gasteiger partial charge in [-0.25, -0.2) is 9.97 Å². The number of nitrogens with zero attached hydrogens (tertiary/aromatic N) is 3. The van der Waals surface area contributed by atoms with E-state index in [1.165, 1.54) is 0 Å². The van der Waals surface area contributed by atoms with Gasteiger partial charge >= 0.3 is 7.32 Å². The van der Waals surface area contributed by atoms with Gasteiger partial charge in [0, 0.05) is 6.20 Å². The van der Waals surface area contributed by atoms with E-state index in [0.717, 1.165) is 5.56 Å². The molecule has 3 aromatic rings. The molecule has 2 N–H and O–H groups in total. The van der Waals surface area contributed by atoms with Gasteiger partial charge in [0.15, 0.2) is 5.65 Å². The van der Waals surface area contributed by atoms with Crippen LogP contribution in [0.3, 0.4) is 0 Å². The molecule has 0 aliphatic carbocycles. The van der Waals surface area contributed by atoms with Crippen LogP contribution >= 0.6 is 11.6 Å². The molecule has 2 aromatic heterocycles. The maximum absolute atomic E-state index is 8.73. The van der Waals surface area contributed by atoms with Gasteiger partial charge in [0.05, 0.1) is 17.9 Å². The first-order valence-electron chi connectivity index (χ1n) is 6.20. The molecule has 0 saturated carbocycles. The van der Waals surface area contributed by atoms with E-state index in [2.05, 4.69) is 9.97 Å². The Bertz CT molecular complexity index is 761. The first kappa shape index (κ1) is 13.9. The number of pyridine rings is 1. The van der Waals surface area contributed by atoms with Crippen molar-refractivity contribution < 1.29 is 14.7 Å². The van der Waals surface area contributed by atoms with Crippen molar-refractivity contribution in [3.05, 3.63) is 53.4 Å². The van der Waals surface area contributed by atoms with E-state index >= 15 is 0 Å². The molecule has 0 unspecified atom stereocenters. The zero-order chi connectivity index (χ0) is 14.8. The molecule has 0 saturated heterocycles. The molecule has 8 heteroatoms. The van der Waals surface area contributed by atoms with Crippen LogP contribution in [0.25, 0.3) is 11.2 Å². The number of rotatable bonds is 4. The predicted octanol–water partition coefficient (Wildman–Crippen LogP) is 1.48. The number of fused-ring (bicyclic) bond motifs is 1. The summed E-state index contributed by atoms with van der Waals surface area (Å²) in [6, 6.07) is 8.68. The van der Waals surface area contributed by atoms with Crippen LogP contribution in [0.15, 0.2) is 42.9 Å². The molecule has 1 aromatic carbocycles. The third-order valence-corrected chi connectivity index (χ3v) is 3.28. The largest absolute Gasteiger partial charge is 0.707 e. The van der Waals surface area contributed by atoms with Crippen molar-refractivity contribution in [2.24, 2.45) is 0 Å². The van der Waals surface area contributed by atoms with Gasteiger partial charge in [0.1, 0.15) is 11.3 Å². The summed E-state index contributed by atoms with van der Waals surface area (Å²) in [5, 5.41) is 18.0. The zero-order valence-electron chi connectivity index (χ0n) is 10.8. The predicted molar refractivity (Wildman–Crippen MR) is 78.9 cm³/mol. The third-order valence-electron chi connectivity index (χ3n) is 2.97. The topological polar surface area (TPSA) is 80.4 Å². The summed E-state index contributed by atoms with van der Waals surface area (Å²) in [5.41, 5.74) is 2.38. The highest BCUT2D eigenvalue weighted by atomic mass is 35.5. The van der Waals surface area contributed by atoms with Gasteiger partial charge < -0.3 is 19.3 Å². The Morgan fingerprint density at radius 3 is 2.62 bits per heavy atom. The molecule has 21 heavy (non-hydrogen) atoms. The molecule has 0 amide bonds.